The minimum atomic E-state index is -0.404. The van der Waals surface area contributed by atoms with E-state index in [4.69, 9.17) is 9.84 Å². The molecule has 2 heterocycles. The van der Waals surface area contributed by atoms with Crippen LogP contribution in [0.1, 0.15) is 5.56 Å². The molecule has 2 atom stereocenters. The zero-order valence-electron chi connectivity index (χ0n) is 8.39. The zero-order valence-corrected chi connectivity index (χ0v) is 9.98. The number of ether oxygens (including phenoxy) is 1. The molecule has 1 aromatic rings. The van der Waals surface area contributed by atoms with Gasteiger partial charge in [0.1, 0.15) is 6.10 Å². The molecule has 1 N–H and O–H groups in total. The Hall–Kier alpha value is -1.07. The van der Waals surface area contributed by atoms with E-state index in [1.54, 1.807) is 4.90 Å². The number of aliphatic hydroxyl groups excluding tert-OH is 1. The molecule has 0 radical (unpaired) electrons. The highest BCUT2D eigenvalue weighted by Crippen LogP contribution is 2.39. The van der Waals surface area contributed by atoms with Crippen molar-refractivity contribution in [2.45, 2.75) is 18.6 Å². The van der Waals surface area contributed by atoms with E-state index < -0.39 is 6.10 Å². The number of amides is 1. The molecule has 0 saturated carbocycles. The summed E-state index contributed by atoms with van der Waals surface area (Å²) in [7, 11) is 0. The Kier molecular flexibility index (Phi) is 2.19. The van der Waals surface area contributed by atoms with Crippen LogP contribution < -0.4 is 4.90 Å². The SMILES string of the molecule is O=C1OC(CO)C2Cc3cc(Br)ccc3N12. The largest absolute Gasteiger partial charge is 0.441 e. The van der Waals surface area contributed by atoms with Gasteiger partial charge >= 0.3 is 6.09 Å². The van der Waals surface area contributed by atoms with Gasteiger partial charge in [0.2, 0.25) is 0 Å². The summed E-state index contributed by atoms with van der Waals surface area (Å²) in [6, 6.07) is 5.76. The van der Waals surface area contributed by atoms with Crippen LogP contribution in [-0.2, 0) is 11.2 Å². The normalized spacial score (nSPS) is 26.6. The molecule has 3 rings (SSSR count). The van der Waals surface area contributed by atoms with Crippen LogP contribution in [0.3, 0.4) is 0 Å². The van der Waals surface area contributed by atoms with Crippen LogP contribution >= 0.6 is 15.9 Å². The lowest BCUT2D eigenvalue weighted by atomic mass is 10.1. The maximum absolute atomic E-state index is 11.7. The zero-order chi connectivity index (χ0) is 11.3. The van der Waals surface area contributed by atoms with Gasteiger partial charge in [-0.1, -0.05) is 15.9 Å². The summed E-state index contributed by atoms with van der Waals surface area (Å²) in [4.78, 5) is 13.3. The highest BCUT2D eigenvalue weighted by molar-refractivity contribution is 9.10. The molecule has 0 spiro atoms. The summed E-state index contributed by atoms with van der Waals surface area (Å²) in [5.41, 5.74) is 2.02. The molecule has 16 heavy (non-hydrogen) atoms. The lowest BCUT2D eigenvalue weighted by Gasteiger charge is -2.14. The maximum atomic E-state index is 11.7. The second-order valence-electron chi connectivity index (χ2n) is 4.02. The van der Waals surface area contributed by atoms with Crippen LogP contribution in [0.2, 0.25) is 0 Å². The fourth-order valence-electron chi connectivity index (χ4n) is 2.40. The molecule has 4 nitrogen and oxygen atoms in total. The van der Waals surface area contributed by atoms with E-state index in [1.807, 2.05) is 18.2 Å². The number of rotatable bonds is 1. The van der Waals surface area contributed by atoms with Crippen molar-refractivity contribution in [3.05, 3.63) is 28.2 Å². The molecule has 0 aliphatic carbocycles. The van der Waals surface area contributed by atoms with Gasteiger partial charge in [-0.2, -0.15) is 0 Å². The Labute approximate surface area is 101 Å². The number of aliphatic hydroxyl groups is 1. The minimum absolute atomic E-state index is 0.0539. The van der Waals surface area contributed by atoms with Gasteiger partial charge in [-0.25, -0.2) is 4.79 Å². The molecule has 1 aromatic carbocycles. The van der Waals surface area contributed by atoms with Crippen molar-refractivity contribution in [1.29, 1.82) is 0 Å². The number of hydrogen-bond acceptors (Lipinski definition) is 3. The van der Waals surface area contributed by atoms with Gasteiger partial charge in [0.25, 0.3) is 0 Å². The molecule has 1 fully saturated rings. The van der Waals surface area contributed by atoms with Gasteiger partial charge in [0, 0.05) is 4.47 Å². The van der Waals surface area contributed by atoms with Crippen molar-refractivity contribution in [2.75, 3.05) is 11.5 Å². The van der Waals surface area contributed by atoms with Crippen molar-refractivity contribution in [2.24, 2.45) is 0 Å². The van der Waals surface area contributed by atoms with Gasteiger partial charge in [0.05, 0.1) is 18.3 Å². The third-order valence-electron chi connectivity index (χ3n) is 3.12. The van der Waals surface area contributed by atoms with Gasteiger partial charge in [-0.15, -0.1) is 0 Å². The molecule has 0 aromatic heterocycles. The van der Waals surface area contributed by atoms with E-state index in [9.17, 15) is 4.79 Å². The number of carbonyl (C=O) groups is 1. The average molecular weight is 284 g/mol. The molecule has 2 aliphatic rings. The van der Waals surface area contributed by atoms with Gasteiger partial charge in [-0.05, 0) is 30.2 Å². The fourth-order valence-corrected chi connectivity index (χ4v) is 2.81. The van der Waals surface area contributed by atoms with E-state index in [1.165, 1.54) is 0 Å². The number of hydrogen-bond donors (Lipinski definition) is 1. The summed E-state index contributed by atoms with van der Waals surface area (Å²) in [5, 5.41) is 9.15. The molecular weight excluding hydrogens is 274 g/mol. The molecule has 5 heteroatoms. The lowest BCUT2D eigenvalue weighted by Crippen LogP contribution is -2.34. The minimum Gasteiger partial charge on any atom is -0.441 e. The summed E-state index contributed by atoms with van der Waals surface area (Å²) in [5.74, 6) is 0. The van der Waals surface area contributed by atoms with Crippen molar-refractivity contribution in [3.8, 4) is 0 Å². The smallest absolute Gasteiger partial charge is 0.415 e. The Bertz CT molecular complexity index is 463. The number of fused-ring (bicyclic) bond motifs is 3. The van der Waals surface area contributed by atoms with Gasteiger partial charge in [-0.3, -0.25) is 4.90 Å². The number of cyclic esters (lactones) is 1. The number of nitrogens with zero attached hydrogens (tertiary/aromatic N) is 1. The summed E-state index contributed by atoms with van der Waals surface area (Å²) < 4.78 is 6.09. The molecule has 84 valence electrons. The summed E-state index contributed by atoms with van der Waals surface area (Å²) >= 11 is 3.41. The predicted octanol–water partition coefficient (Wildman–Crippen LogP) is 1.69. The van der Waals surface area contributed by atoms with Crippen LogP contribution in [0.15, 0.2) is 22.7 Å². The van der Waals surface area contributed by atoms with E-state index >= 15 is 0 Å². The van der Waals surface area contributed by atoms with Crippen LogP contribution in [0, 0.1) is 0 Å². The van der Waals surface area contributed by atoms with E-state index in [2.05, 4.69) is 15.9 Å². The van der Waals surface area contributed by atoms with Crippen LogP contribution in [0.5, 0.6) is 0 Å². The number of halogens is 1. The molecule has 0 bridgehead atoms. The Balaban J connectivity index is 2.04. The monoisotopic (exact) mass is 283 g/mol. The predicted molar refractivity (Wildman–Crippen MR) is 61.5 cm³/mol. The highest BCUT2D eigenvalue weighted by atomic mass is 79.9. The maximum Gasteiger partial charge on any atom is 0.415 e. The first kappa shape index (κ1) is 10.1. The van der Waals surface area contributed by atoms with E-state index in [-0.39, 0.29) is 18.7 Å². The number of carbonyl (C=O) groups excluding carboxylic acids is 1. The first-order chi connectivity index (χ1) is 7.70. The van der Waals surface area contributed by atoms with Gasteiger partial charge in [0.15, 0.2) is 0 Å². The second-order valence-corrected chi connectivity index (χ2v) is 4.93. The van der Waals surface area contributed by atoms with Crippen molar-refractivity contribution >= 4 is 27.7 Å². The van der Waals surface area contributed by atoms with Crippen LogP contribution in [0.25, 0.3) is 0 Å². The van der Waals surface area contributed by atoms with Crippen molar-refractivity contribution in [1.82, 2.24) is 0 Å². The highest BCUT2D eigenvalue weighted by Gasteiger charge is 2.47. The molecule has 2 unspecified atom stereocenters. The van der Waals surface area contributed by atoms with Crippen molar-refractivity contribution in [3.63, 3.8) is 0 Å². The lowest BCUT2D eigenvalue weighted by molar-refractivity contribution is 0.0830. The molecule has 1 saturated heterocycles. The molecule has 2 aliphatic heterocycles. The number of benzene rings is 1. The Morgan fingerprint density at radius 3 is 3.12 bits per heavy atom. The van der Waals surface area contributed by atoms with Crippen molar-refractivity contribution < 1.29 is 14.6 Å². The summed E-state index contributed by atoms with van der Waals surface area (Å²) in [6.45, 7) is -0.123. The standard InChI is InChI=1S/C11H10BrNO3/c12-7-1-2-8-6(3-7)4-9-10(5-14)16-11(15)13(8)9/h1-3,9-10,14H,4-5H2. The first-order valence-electron chi connectivity index (χ1n) is 5.10. The first-order valence-corrected chi connectivity index (χ1v) is 5.89. The Morgan fingerprint density at radius 1 is 1.56 bits per heavy atom. The van der Waals surface area contributed by atoms with Gasteiger partial charge < -0.3 is 9.84 Å². The van der Waals surface area contributed by atoms with Crippen LogP contribution in [-0.4, -0.2) is 30.0 Å². The summed E-state index contributed by atoms with van der Waals surface area (Å²) in [6.07, 6.45) is -0.0186. The quantitative estimate of drug-likeness (QED) is 0.853. The van der Waals surface area contributed by atoms with E-state index in [0.717, 1.165) is 22.1 Å². The fraction of sp³-hybridized carbons (Fsp3) is 0.364. The van der Waals surface area contributed by atoms with Crippen LogP contribution in [0.4, 0.5) is 10.5 Å². The second kappa shape index (κ2) is 3.46. The average Bonchev–Trinajstić information content (AvgIpc) is 2.76. The third-order valence-corrected chi connectivity index (χ3v) is 3.61. The van der Waals surface area contributed by atoms with E-state index in [0.29, 0.717) is 0 Å². The Morgan fingerprint density at radius 2 is 2.38 bits per heavy atom. The topological polar surface area (TPSA) is 49.8 Å². The molecule has 1 amide bonds. The third kappa shape index (κ3) is 1.28. The molecular formula is C11H10BrNO3. The number of anilines is 1.